The SMILES string of the molecule is CSCC(C)NC(=O)CNC(=O)CN. The fraction of sp³-hybridized carbons (Fsp3) is 0.750. The van der Waals surface area contributed by atoms with Crippen LogP contribution in [0.25, 0.3) is 0 Å². The molecule has 0 aliphatic carbocycles. The third-order valence-corrected chi connectivity index (χ3v) is 2.29. The van der Waals surface area contributed by atoms with Gasteiger partial charge in [0.15, 0.2) is 0 Å². The highest BCUT2D eigenvalue weighted by molar-refractivity contribution is 7.98. The number of thioether (sulfide) groups is 1. The van der Waals surface area contributed by atoms with Crippen LogP contribution in [0.5, 0.6) is 0 Å². The molecule has 0 aromatic rings. The summed E-state index contributed by atoms with van der Waals surface area (Å²) in [7, 11) is 0. The first-order valence-electron chi connectivity index (χ1n) is 4.35. The van der Waals surface area contributed by atoms with Crippen LogP contribution in [0.3, 0.4) is 0 Å². The first-order valence-corrected chi connectivity index (χ1v) is 5.74. The molecule has 1 atom stereocenters. The van der Waals surface area contributed by atoms with Crippen LogP contribution in [0.2, 0.25) is 0 Å². The van der Waals surface area contributed by atoms with E-state index >= 15 is 0 Å². The van der Waals surface area contributed by atoms with Gasteiger partial charge in [-0.25, -0.2) is 0 Å². The molecule has 0 spiro atoms. The van der Waals surface area contributed by atoms with E-state index in [-0.39, 0.29) is 30.9 Å². The molecule has 0 bridgehead atoms. The average Bonchev–Trinajstić information content (AvgIpc) is 2.14. The van der Waals surface area contributed by atoms with Crippen LogP contribution < -0.4 is 16.4 Å². The van der Waals surface area contributed by atoms with Crippen molar-refractivity contribution in [2.75, 3.05) is 25.1 Å². The Morgan fingerprint density at radius 2 is 2.07 bits per heavy atom. The Balaban J connectivity index is 3.59. The largest absolute Gasteiger partial charge is 0.351 e. The van der Waals surface area contributed by atoms with Crippen LogP contribution in [0.1, 0.15) is 6.92 Å². The second kappa shape index (κ2) is 7.64. The molecule has 0 aromatic carbocycles. The summed E-state index contributed by atoms with van der Waals surface area (Å²) in [5.41, 5.74) is 5.06. The number of nitrogens with two attached hydrogens (primary N) is 1. The van der Waals surface area contributed by atoms with Gasteiger partial charge in [0.1, 0.15) is 0 Å². The molecular formula is C8H17N3O2S. The maximum atomic E-state index is 11.2. The number of rotatable bonds is 6. The Hall–Kier alpha value is -0.750. The molecule has 82 valence electrons. The lowest BCUT2D eigenvalue weighted by atomic mass is 10.4. The summed E-state index contributed by atoms with van der Waals surface area (Å²) >= 11 is 1.66. The van der Waals surface area contributed by atoms with Crippen LogP contribution in [0.15, 0.2) is 0 Å². The molecule has 0 rings (SSSR count). The first kappa shape index (κ1) is 13.2. The van der Waals surface area contributed by atoms with Crippen molar-refractivity contribution in [3.8, 4) is 0 Å². The van der Waals surface area contributed by atoms with Crippen molar-refractivity contribution in [2.45, 2.75) is 13.0 Å². The van der Waals surface area contributed by atoms with Crippen LogP contribution in [-0.2, 0) is 9.59 Å². The zero-order valence-corrected chi connectivity index (χ0v) is 9.32. The van der Waals surface area contributed by atoms with Gasteiger partial charge in [-0.3, -0.25) is 9.59 Å². The highest BCUT2D eigenvalue weighted by Crippen LogP contribution is 1.95. The van der Waals surface area contributed by atoms with Crippen molar-refractivity contribution >= 4 is 23.6 Å². The van der Waals surface area contributed by atoms with Gasteiger partial charge < -0.3 is 16.4 Å². The van der Waals surface area contributed by atoms with Crippen molar-refractivity contribution < 1.29 is 9.59 Å². The predicted molar refractivity (Wildman–Crippen MR) is 58.1 cm³/mol. The molecule has 0 fully saturated rings. The van der Waals surface area contributed by atoms with Gasteiger partial charge in [-0.05, 0) is 13.2 Å². The quantitative estimate of drug-likeness (QED) is 0.531. The summed E-state index contributed by atoms with van der Waals surface area (Å²) < 4.78 is 0. The number of hydrogen-bond donors (Lipinski definition) is 3. The maximum absolute atomic E-state index is 11.2. The highest BCUT2D eigenvalue weighted by atomic mass is 32.2. The lowest BCUT2D eigenvalue weighted by Gasteiger charge is -2.12. The predicted octanol–water partition coefficient (Wildman–Crippen LogP) is -1.07. The Morgan fingerprint density at radius 3 is 2.57 bits per heavy atom. The fourth-order valence-corrected chi connectivity index (χ4v) is 1.45. The first-order chi connectivity index (χ1) is 6.60. The minimum absolute atomic E-state index is 0.00520. The van der Waals surface area contributed by atoms with Crippen molar-refractivity contribution in [2.24, 2.45) is 5.73 Å². The molecular weight excluding hydrogens is 202 g/mol. The van der Waals surface area contributed by atoms with E-state index in [4.69, 9.17) is 5.73 Å². The smallest absolute Gasteiger partial charge is 0.239 e. The summed E-state index contributed by atoms with van der Waals surface area (Å²) in [5, 5.41) is 5.14. The Bertz CT molecular complexity index is 199. The lowest BCUT2D eigenvalue weighted by molar-refractivity contribution is -0.125. The normalized spacial score (nSPS) is 11.9. The minimum Gasteiger partial charge on any atom is -0.351 e. The number of carbonyl (C=O) groups excluding carboxylic acids is 2. The van der Waals surface area contributed by atoms with Crippen LogP contribution in [0, 0.1) is 0 Å². The van der Waals surface area contributed by atoms with Crippen molar-refractivity contribution in [1.29, 1.82) is 0 Å². The Morgan fingerprint density at radius 1 is 1.43 bits per heavy atom. The molecule has 4 N–H and O–H groups in total. The third-order valence-electron chi connectivity index (χ3n) is 1.46. The summed E-state index contributed by atoms with van der Waals surface area (Å²) in [6.45, 7) is 1.82. The molecule has 0 aliphatic rings. The van der Waals surface area contributed by atoms with E-state index in [1.54, 1.807) is 11.8 Å². The molecule has 0 aromatic heterocycles. The molecule has 0 saturated heterocycles. The van der Waals surface area contributed by atoms with E-state index < -0.39 is 0 Å². The number of hydrogen-bond acceptors (Lipinski definition) is 4. The van der Waals surface area contributed by atoms with E-state index in [1.807, 2.05) is 13.2 Å². The van der Waals surface area contributed by atoms with Gasteiger partial charge in [0.25, 0.3) is 0 Å². The molecule has 6 heteroatoms. The summed E-state index contributed by atoms with van der Waals surface area (Å²) in [4.78, 5) is 21.9. The number of amides is 2. The number of carbonyl (C=O) groups is 2. The molecule has 1 unspecified atom stereocenters. The average molecular weight is 219 g/mol. The van der Waals surface area contributed by atoms with Gasteiger partial charge in [0.05, 0.1) is 13.1 Å². The summed E-state index contributed by atoms with van der Waals surface area (Å²) in [6.07, 6.45) is 1.97. The highest BCUT2D eigenvalue weighted by Gasteiger charge is 2.07. The molecule has 0 saturated carbocycles. The van der Waals surface area contributed by atoms with Gasteiger partial charge in [-0.15, -0.1) is 0 Å². The minimum atomic E-state index is -0.322. The zero-order chi connectivity index (χ0) is 11.0. The van der Waals surface area contributed by atoms with E-state index in [0.29, 0.717) is 0 Å². The van der Waals surface area contributed by atoms with Crippen molar-refractivity contribution in [3.63, 3.8) is 0 Å². The third kappa shape index (κ3) is 6.73. The van der Waals surface area contributed by atoms with E-state index in [0.717, 1.165) is 5.75 Å². The molecule has 2 amide bonds. The van der Waals surface area contributed by atoms with Gasteiger partial charge in [0, 0.05) is 11.8 Å². The van der Waals surface area contributed by atoms with Gasteiger partial charge in [-0.1, -0.05) is 0 Å². The topological polar surface area (TPSA) is 84.2 Å². The Labute approximate surface area is 88.2 Å². The molecule has 0 radical (unpaired) electrons. The van der Waals surface area contributed by atoms with Crippen LogP contribution in [0.4, 0.5) is 0 Å². The Kier molecular flexibility index (Phi) is 7.23. The van der Waals surface area contributed by atoms with Crippen LogP contribution in [-0.4, -0.2) is 43.0 Å². The van der Waals surface area contributed by atoms with E-state index in [9.17, 15) is 9.59 Å². The lowest BCUT2D eigenvalue weighted by Crippen LogP contribution is -2.43. The van der Waals surface area contributed by atoms with E-state index in [1.165, 1.54) is 0 Å². The standard InChI is InChI=1S/C8H17N3O2S/c1-6(5-14-2)11-8(13)4-10-7(12)3-9/h6H,3-5,9H2,1-2H3,(H,10,12)(H,11,13). The summed E-state index contributed by atoms with van der Waals surface area (Å²) in [5.74, 6) is 0.349. The van der Waals surface area contributed by atoms with Crippen molar-refractivity contribution in [1.82, 2.24) is 10.6 Å². The molecule has 0 heterocycles. The molecule has 5 nitrogen and oxygen atoms in total. The van der Waals surface area contributed by atoms with E-state index in [2.05, 4.69) is 10.6 Å². The van der Waals surface area contributed by atoms with Crippen molar-refractivity contribution in [3.05, 3.63) is 0 Å². The maximum Gasteiger partial charge on any atom is 0.239 e. The molecule has 0 aliphatic heterocycles. The van der Waals surface area contributed by atoms with Gasteiger partial charge >= 0.3 is 0 Å². The zero-order valence-electron chi connectivity index (χ0n) is 8.50. The van der Waals surface area contributed by atoms with Crippen LogP contribution >= 0.6 is 11.8 Å². The fourth-order valence-electron chi connectivity index (χ4n) is 0.869. The summed E-state index contributed by atoms with van der Waals surface area (Å²) in [6, 6.07) is 0.118. The molecule has 14 heavy (non-hydrogen) atoms. The monoisotopic (exact) mass is 219 g/mol. The second-order valence-electron chi connectivity index (χ2n) is 2.90. The van der Waals surface area contributed by atoms with Gasteiger partial charge in [0.2, 0.25) is 11.8 Å². The van der Waals surface area contributed by atoms with Gasteiger partial charge in [-0.2, -0.15) is 11.8 Å². The number of nitrogens with one attached hydrogen (secondary N) is 2. The second-order valence-corrected chi connectivity index (χ2v) is 3.82.